The van der Waals surface area contributed by atoms with Crippen LogP contribution in [0.15, 0.2) is 18.2 Å². The molecule has 2 atom stereocenters. The lowest BCUT2D eigenvalue weighted by Gasteiger charge is -2.16. The van der Waals surface area contributed by atoms with Crippen LogP contribution in [-0.2, 0) is 4.79 Å². The summed E-state index contributed by atoms with van der Waals surface area (Å²) in [5.74, 6) is -0.502. The molecule has 0 spiro atoms. The van der Waals surface area contributed by atoms with Crippen LogP contribution in [0.3, 0.4) is 0 Å². The summed E-state index contributed by atoms with van der Waals surface area (Å²) in [5, 5.41) is 19.6. The monoisotopic (exact) mass is 330 g/mol. The highest BCUT2D eigenvalue weighted by Gasteiger charge is 2.43. The van der Waals surface area contributed by atoms with E-state index in [0.717, 1.165) is 11.0 Å². The van der Waals surface area contributed by atoms with Gasteiger partial charge in [0.25, 0.3) is 10.9 Å². The first kappa shape index (κ1) is 15.7. The molecule has 112 valence electrons. The summed E-state index contributed by atoms with van der Waals surface area (Å²) < 4.78 is 0. The molecule has 1 aromatic rings. The molecular formula is C12H11ClN2O5S. The predicted molar refractivity (Wildman–Crippen MR) is 77.2 cm³/mol. The number of halogens is 1. The van der Waals surface area contributed by atoms with Crippen LogP contribution in [0.4, 0.5) is 10.5 Å². The van der Waals surface area contributed by atoms with Gasteiger partial charge in [0.05, 0.1) is 4.92 Å². The molecule has 9 heteroatoms. The smallest absolute Gasteiger partial charge is 0.289 e. The van der Waals surface area contributed by atoms with Crippen molar-refractivity contribution < 1.29 is 19.6 Å². The molecule has 1 aromatic carbocycles. The standard InChI is InChI=1S/C12H11ClN2O5S/c1-2-14-11(17)10(21-12(14)18)9(16)6-3-4-7(13)8(5-6)15(19)20/h3-5,9-10,16H,2H2,1H3/t9-,10+/m0/s1. The second-order valence-electron chi connectivity index (χ2n) is 4.30. The summed E-state index contributed by atoms with van der Waals surface area (Å²) in [6.07, 6.45) is -1.32. The summed E-state index contributed by atoms with van der Waals surface area (Å²) in [4.78, 5) is 34.8. The van der Waals surface area contributed by atoms with Gasteiger partial charge in [-0.1, -0.05) is 17.7 Å². The van der Waals surface area contributed by atoms with Gasteiger partial charge in [0.1, 0.15) is 16.4 Å². The number of amides is 2. The molecule has 0 unspecified atom stereocenters. The Kier molecular flexibility index (Phi) is 4.50. The zero-order valence-electron chi connectivity index (χ0n) is 10.9. The Hall–Kier alpha value is -1.64. The first-order valence-electron chi connectivity index (χ1n) is 6.00. The Balaban J connectivity index is 2.31. The van der Waals surface area contributed by atoms with Gasteiger partial charge in [-0.3, -0.25) is 24.6 Å². The first-order valence-corrected chi connectivity index (χ1v) is 7.26. The average Bonchev–Trinajstić information content (AvgIpc) is 2.72. The maximum absolute atomic E-state index is 12.0. The molecular weight excluding hydrogens is 320 g/mol. The molecule has 7 nitrogen and oxygen atoms in total. The highest BCUT2D eigenvalue weighted by molar-refractivity contribution is 8.15. The van der Waals surface area contributed by atoms with Crippen LogP contribution in [0.5, 0.6) is 0 Å². The molecule has 1 heterocycles. The summed E-state index contributed by atoms with van der Waals surface area (Å²) in [7, 11) is 0. The van der Waals surface area contributed by atoms with E-state index in [4.69, 9.17) is 11.6 Å². The van der Waals surface area contributed by atoms with Crippen LogP contribution in [0, 0.1) is 10.1 Å². The van der Waals surface area contributed by atoms with E-state index in [1.807, 2.05) is 0 Å². The number of carbonyl (C=O) groups is 2. The van der Waals surface area contributed by atoms with Crippen molar-refractivity contribution in [3.8, 4) is 0 Å². The van der Waals surface area contributed by atoms with Crippen molar-refractivity contribution in [3.05, 3.63) is 38.9 Å². The molecule has 1 aliphatic rings. The Bertz CT molecular complexity index is 624. The number of rotatable bonds is 4. The zero-order chi connectivity index (χ0) is 15.7. The summed E-state index contributed by atoms with van der Waals surface area (Å²) in [6, 6.07) is 3.79. The third-order valence-corrected chi connectivity index (χ3v) is 4.52. The van der Waals surface area contributed by atoms with Crippen molar-refractivity contribution in [3.63, 3.8) is 0 Å². The predicted octanol–water partition coefficient (Wildman–Crippen LogP) is 2.37. The van der Waals surface area contributed by atoms with E-state index in [0.29, 0.717) is 11.8 Å². The number of thioether (sulfide) groups is 1. The van der Waals surface area contributed by atoms with Crippen molar-refractivity contribution in [2.45, 2.75) is 18.3 Å². The van der Waals surface area contributed by atoms with Crippen molar-refractivity contribution in [2.75, 3.05) is 6.54 Å². The van der Waals surface area contributed by atoms with Gasteiger partial charge in [0, 0.05) is 12.6 Å². The fraction of sp³-hybridized carbons (Fsp3) is 0.333. The molecule has 1 N–H and O–H groups in total. The Morgan fingerprint density at radius 1 is 1.52 bits per heavy atom. The highest BCUT2D eigenvalue weighted by atomic mass is 35.5. The molecule has 2 amide bonds. The number of nitrogens with zero attached hydrogens (tertiary/aromatic N) is 2. The largest absolute Gasteiger partial charge is 0.387 e. The summed E-state index contributed by atoms with van der Waals surface area (Å²) in [5.41, 5.74) is -0.190. The van der Waals surface area contributed by atoms with Gasteiger partial charge in [0.15, 0.2) is 0 Å². The van der Waals surface area contributed by atoms with Crippen LogP contribution in [0.25, 0.3) is 0 Å². The number of nitro benzene ring substituents is 1. The number of hydrogen-bond acceptors (Lipinski definition) is 6. The van der Waals surface area contributed by atoms with Gasteiger partial charge in [-0.25, -0.2) is 0 Å². The Morgan fingerprint density at radius 2 is 2.19 bits per heavy atom. The van der Waals surface area contributed by atoms with E-state index in [-0.39, 0.29) is 22.8 Å². The molecule has 0 saturated carbocycles. The fourth-order valence-electron chi connectivity index (χ4n) is 1.98. The van der Waals surface area contributed by atoms with Crippen LogP contribution in [-0.4, -0.2) is 37.9 Å². The Labute approximate surface area is 129 Å². The van der Waals surface area contributed by atoms with Crippen LogP contribution < -0.4 is 0 Å². The van der Waals surface area contributed by atoms with Crippen LogP contribution in [0.1, 0.15) is 18.6 Å². The fourth-order valence-corrected chi connectivity index (χ4v) is 3.24. The SMILES string of the molecule is CCN1C(=O)S[C@H]([C@@H](O)c2ccc(Cl)c([N+](=O)[O-])c2)C1=O. The second-order valence-corrected chi connectivity index (χ2v) is 5.80. The van der Waals surface area contributed by atoms with E-state index in [2.05, 4.69) is 0 Å². The van der Waals surface area contributed by atoms with E-state index < -0.39 is 27.4 Å². The number of hydrogen-bond donors (Lipinski definition) is 1. The minimum atomic E-state index is -1.32. The van der Waals surface area contributed by atoms with E-state index in [1.54, 1.807) is 6.92 Å². The van der Waals surface area contributed by atoms with Crippen molar-refractivity contribution >= 4 is 40.2 Å². The maximum Gasteiger partial charge on any atom is 0.289 e. The summed E-state index contributed by atoms with van der Waals surface area (Å²) >= 11 is 6.41. The molecule has 0 bridgehead atoms. The number of aliphatic hydroxyl groups is 1. The van der Waals surface area contributed by atoms with Gasteiger partial charge < -0.3 is 5.11 Å². The lowest BCUT2D eigenvalue weighted by atomic mass is 10.0. The van der Waals surface area contributed by atoms with E-state index in [9.17, 15) is 24.8 Å². The molecule has 1 fully saturated rings. The highest BCUT2D eigenvalue weighted by Crippen LogP contribution is 2.37. The Morgan fingerprint density at radius 3 is 2.71 bits per heavy atom. The number of imide groups is 1. The minimum Gasteiger partial charge on any atom is -0.387 e. The molecule has 0 radical (unpaired) electrons. The number of aliphatic hydroxyl groups excluding tert-OH is 1. The maximum atomic E-state index is 12.0. The normalized spacial score (nSPS) is 20.0. The van der Waals surface area contributed by atoms with Gasteiger partial charge in [-0.05, 0) is 30.3 Å². The lowest BCUT2D eigenvalue weighted by Crippen LogP contribution is -2.33. The molecule has 1 saturated heterocycles. The van der Waals surface area contributed by atoms with Gasteiger partial charge in [0.2, 0.25) is 5.91 Å². The molecule has 1 aliphatic heterocycles. The average molecular weight is 331 g/mol. The zero-order valence-corrected chi connectivity index (χ0v) is 12.4. The van der Waals surface area contributed by atoms with E-state index >= 15 is 0 Å². The molecule has 0 aromatic heterocycles. The molecule has 21 heavy (non-hydrogen) atoms. The van der Waals surface area contributed by atoms with Gasteiger partial charge in [-0.15, -0.1) is 0 Å². The van der Waals surface area contributed by atoms with Crippen molar-refractivity contribution in [2.24, 2.45) is 0 Å². The first-order chi connectivity index (χ1) is 9.86. The molecule has 0 aliphatic carbocycles. The number of carbonyl (C=O) groups excluding carboxylic acids is 2. The lowest BCUT2D eigenvalue weighted by molar-refractivity contribution is -0.384. The van der Waals surface area contributed by atoms with Gasteiger partial charge >= 0.3 is 0 Å². The topological polar surface area (TPSA) is 101 Å². The molecule has 2 rings (SSSR count). The van der Waals surface area contributed by atoms with Crippen LogP contribution in [0.2, 0.25) is 5.02 Å². The van der Waals surface area contributed by atoms with E-state index in [1.165, 1.54) is 12.1 Å². The minimum absolute atomic E-state index is 0.0624. The third-order valence-electron chi connectivity index (χ3n) is 3.07. The van der Waals surface area contributed by atoms with Gasteiger partial charge in [-0.2, -0.15) is 0 Å². The number of benzene rings is 1. The van der Waals surface area contributed by atoms with Crippen molar-refractivity contribution in [1.82, 2.24) is 4.90 Å². The third kappa shape index (κ3) is 2.87. The van der Waals surface area contributed by atoms with Crippen LogP contribution >= 0.6 is 23.4 Å². The number of nitro groups is 1. The summed E-state index contributed by atoms with van der Waals surface area (Å²) in [6.45, 7) is 1.87. The van der Waals surface area contributed by atoms with Crippen molar-refractivity contribution in [1.29, 1.82) is 0 Å². The second kappa shape index (κ2) is 6.00. The quantitative estimate of drug-likeness (QED) is 0.671.